The highest BCUT2D eigenvalue weighted by Crippen LogP contribution is 2.32. The highest BCUT2D eigenvalue weighted by atomic mass is 32.2. The minimum Gasteiger partial charge on any atom is -0.469 e. The van der Waals surface area contributed by atoms with Crippen molar-refractivity contribution in [1.29, 1.82) is 0 Å². The lowest BCUT2D eigenvalue weighted by Crippen LogP contribution is -2.26. The van der Waals surface area contributed by atoms with Gasteiger partial charge in [-0.15, -0.1) is 11.3 Å². The van der Waals surface area contributed by atoms with Crippen molar-refractivity contribution in [3.8, 4) is 0 Å². The molecule has 1 aromatic carbocycles. The van der Waals surface area contributed by atoms with Gasteiger partial charge >= 0.3 is 5.97 Å². The highest BCUT2D eigenvalue weighted by Gasteiger charge is 2.26. The molecule has 3 aromatic heterocycles. The lowest BCUT2D eigenvalue weighted by Gasteiger charge is -2.13. The van der Waals surface area contributed by atoms with E-state index in [1.54, 1.807) is 12.4 Å². The van der Waals surface area contributed by atoms with E-state index in [1.807, 2.05) is 24.3 Å². The van der Waals surface area contributed by atoms with Crippen LogP contribution in [0.25, 0.3) is 11.0 Å². The number of carbonyl (C=O) groups excluding carboxylic acids is 2. The Morgan fingerprint density at radius 2 is 2.17 bits per heavy atom. The van der Waals surface area contributed by atoms with Crippen molar-refractivity contribution < 1.29 is 18.7 Å². The zero-order chi connectivity index (χ0) is 21.1. The fourth-order valence-electron chi connectivity index (χ4n) is 2.81. The van der Waals surface area contributed by atoms with Gasteiger partial charge in [0.15, 0.2) is 16.0 Å². The van der Waals surface area contributed by atoms with Crippen LogP contribution in [0.2, 0.25) is 0 Å². The maximum Gasteiger partial charge on any atom is 0.311 e. The molecule has 4 rings (SSSR count). The van der Waals surface area contributed by atoms with Crippen LogP contribution in [0.3, 0.4) is 0 Å². The molecule has 9 nitrogen and oxygen atoms in total. The Morgan fingerprint density at radius 1 is 1.33 bits per heavy atom. The number of nitrogens with one attached hydrogen (secondary N) is 1. The number of H-pyrrole nitrogens is 1. The number of methoxy groups -OCH3 is 1. The van der Waals surface area contributed by atoms with Gasteiger partial charge in [-0.3, -0.25) is 19.6 Å². The average Bonchev–Trinajstić information content (AvgIpc) is 3.50. The SMILES string of the molecule is COC(=O)Cc1csc(N(C)C(=O)c2oc3ccccc3c2CSc2ncn[nH]2)n1. The molecule has 0 atom stereocenters. The standard InChI is InChI=1S/C19H17N5O4S2/c1-24(19-22-11(8-30-19)7-15(25)27-2)17(26)16-13(9-29-18-20-10-21-23-18)12-5-3-4-6-14(12)28-16/h3-6,8,10H,7,9H2,1-2H3,(H,20,21,23). The second-order valence-corrected chi connectivity index (χ2v) is 8.02. The zero-order valence-corrected chi connectivity index (χ0v) is 17.7. The first-order valence-corrected chi connectivity index (χ1v) is 10.7. The summed E-state index contributed by atoms with van der Waals surface area (Å²) >= 11 is 2.70. The molecule has 0 saturated heterocycles. The van der Waals surface area contributed by atoms with Crippen molar-refractivity contribution in [2.24, 2.45) is 0 Å². The average molecular weight is 444 g/mol. The van der Waals surface area contributed by atoms with E-state index in [0.29, 0.717) is 27.3 Å². The van der Waals surface area contributed by atoms with Gasteiger partial charge in [-0.25, -0.2) is 9.97 Å². The first kappa shape index (κ1) is 20.1. The second kappa shape index (κ2) is 8.67. The van der Waals surface area contributed by atoms with Crippen LogP contribution in [-0.4, -0.2) is 46.2 Å². The second-order valence-electron chi connectivity index (χ2n) is 6.22. The Hall–Kier alpha value is -3.18. The zero-order valence-electron chi connectivity index (χ0n) is 16.1. The van der Waals surface area contributed by atoms with E-state index in [0.717, 1.165) is 10.9 Å². The number of ether oxygens (including phenoxy) is 1. The molecule has 0 aliphatic carbocycles. The lowest BCUT2D eigenvalue weighted by atomic mass is 10.1. The molecule has 1 N–H and O–H groups in total. The number of rotatable bonds is 7. The number of hydrogen-bond acceptors (Lipinski definition) is 9. The van der Waals surface area contributed by atoms with E-state index >= 15 is 0 Å². The van der Waals surface area contributed by atoms with Gasteiger partial charge < -0.3 is 9.15 Å². The smallest absolute Gasteiger partial charge is 0.311 e. The van der Waals surface area contributed by atoms with Crippen LogP contribution in [0.1, 0.15) is 21.8 Å². The summed E-state index contributed by atoms with van der Waals surface area (Å²) in [5.41, 5.74) is 1.95. The molecule has 1 amide bonds. The maximum absolute atomic E-state index is 13.2. The summed E-state index contributed by atoms with van der Waals surface area (Å²) < 4.78 is 10.6. The van der Waals surface area contributed by atoms with Gasteiger partial charge in [-0.05, 0) is 6.07 Å². The van der Waals surface area contributed by atoms with Crippen LogP contribution in [0, 0.1) is 0 Å². The summed E-state index contributed by atoms with van der Waals surface area (Å²) in [6, 6.07) is 7.51. The number of carbonyl (C=O) groups is 2. The fraction of sp³-hybridized carbons (Fsp3) is 0.211. The molecule has 11 heteroatoms. The Bertz CT molecular complexity index is 1180. The first-order chi connectivity index (χ1) is 14.6. The number of hydrogen-bond donors (Lipinski definition) is 1. The van der Waals surface area contributed by atoms with Gasteiger partial charge in [0.2, 0.25) is 0 Å². The summed E-state index contributed by atoms with van der Waals surface area (Å²) in [7, 11) is 2.95. The van der Waals surface area contributed by atoms with Crippen molar-refractivity contribution in [2.45, 2.75) is 17.3 Å². The number of amides is 1. The Kier molecular flexibility index (Phi) is 5.81. The van der Waals surface area contributed by atoms with E-state index < -0.39 is 0 Å². The van der Waals surface area contributed by atoms with Crippen molar-refractivity contribution in [3.05, 3.63) is 53.0 Å². The molecule has 0 aliphatic heterocycles. The van der Waals surface area contributed by atoms with E-state index in [1.165, 1.54) is 41.4 Å². The first-order valence-electron chi connectivity index (χ1n) is 8.84. The molecular weight excluding hydrogens is 426 g/mol. The van der Waals surface area contributed by atoms with E-state index in [2.05, 4.69) is 24.9 Å². The van der Waals surface area contributed by atoms with Crippen molar-refractivity contribution in [1.82, 2.24) is 20.2 Å². The van der Waals surface area contributed by atoms with Crippen LogP contribution in [-0.2, 0) is 21.7 Å². The number of aromatic nitrogens is 4. The number of furan rings is 1. The quantitative estimate of drug-likeness (QED) is 0.342. The molecular formula is C19H17N5O4S2. The van der Waals surface area contributed by atoms with Gasteiger partial charge in [0.1, 0.15) is 11.9 Å². The summed E-state index contributed by atoms with van der Waals surface area (Å²) in [6.07, 6.45) is 1.49. The monoisotopic (exact) mass is 443 g/mol. The topological polar surface area (TPSA) is 114 Å². The van der Waals surface area contributed by atoms with Gasteiger partial charge in [0, 0.05) is 29.1 Å². The normalized spacial score (nSPS) is 11.0. The van der Waals surface area contributed by atoms with E-state index in [4.69, 9.17) is 4.42 Å². The number of benzene rings is 1. The predicted octanol–water partition coefficient (Wildman–Crippen LogP) is 3.29. The molecule has 0 aliphatic rings. The van der Waals surface area contributed by atoms with Crippen LogP contribution < -0.4 is 4.90 Å². The summed E-state index contributed by atoms with van der Waals surface area (Å²) in [4.78, 5) is 34.6. The number of para-hydroxylation sites is 1. The number of anilines is 1. The van der Waals surface area contributed by atoms with E-state index in [-0.39, 0.29) is 24.1 Å². The Morgan fingerprint density at radius 3 is 2.93 bits per heavy atom. The van der Waals surface area contributed by atoms with Gasteiger partial charge in [-0.2, -0.15) is 5.10 Å². The molecule has 3 heterocycles. The number of fused-ring (bicyclic) bond motifs is 1. The third-order valence-electron chi connectivity index (χ3n) is 4.32. The Labute approximate surface area is 179 Å². The van der Waals surface area contributed by atoms with Gasteiger partial charge in [-0.1, -0.05) is 30.0 Å². The summed E-state index contributed by atoms with van der Waals surface area (Å²) in [6.45, 7) is 0. The molecule has 0 spiro atoms. The molecule has 4 aromatic rings. The molecule has 30 heavy (non-hydrogen) atoms. The number of nitrogens with zero attached hydrogens (tertiary/aromatic N) is 4. The molecule has 0 radical (unpaired) electrons. The maximum atomic E-state index is 13.2. The summed E-state index contributed by atoms with van der Waals surface area (Å²) in [5, 5.41) is 10.4. The number of thioether (sulfide) groups is 1. The third kappa shape index (κ3) is 4.07. The van der Waals surface area contributed by atoms with Crippen LogP contribution in [0.5, 0.6) is 0 Å². The number of aromatic amines is 1. The number of esters is 1. The lowest BCUT2D eigenvalue weighted by molar-refractivity contribution is -0.139. The largest absolute Gasteiger partial charge is 0.469 e. The Balaban J connectivity index is 1.62. The van der Waals surface area contributed by atoms with Crippen LogP contribution in [0.15, 0.2) is 45.5 Å². The third-order valence-corrected chi connectivity index (χ3v) is 6.19. The number of thiazole rings is 1. The predicted molar refractivity (Wildman–Crippen MR) is 113 cm³/mol. The van der Waals surface area contributed by atoms with Crippen molar-refractivity contribution >= 4 is 51.1 Å². The minimum absolute atomic E-state index is 0.0543. The molecule has 154 valence electrons. The van der Waals surface area contributed by atoms with Gasteiger partial charge in [0.25, 0.3) is 5.91 Å². The van der Waals surface area contributed by atoms with Gasteiger partial charge in [0.05, 0.1) is 19.2 Å². The minimum atomic E-state index is -0.384. The summed E-state index contributed by atoms with van der Waals surface area (Å²) in [5.74, 6) is 0.0191. The van der Waals surface area contributed by atoms with Crippen LogP contribution in [0.4, 0.5) is 5.13 Å². The molecule has 0 fully saturated rings. The van der Waals surface area contributed by atoms with Crippen molar-refractivity contribution in [3.63, 3.8) is 0 Å². The molecule has 0 saturated carbocycles. The van der Waals surface area contributed by atoms with Crippen molar-refractivity contribution in [2.75, 3.05) is 19.1 Å². The highest BCUT2D eigenvalue weighted by molar-refractivity contribution is 7.98. The van der Waals surface area contributed by atoms with Crippen LogP contribution >= 0.6 is 23.1 Å². The fourth-order valence-corrected chi connectivity index (χ4v) is 4.41. The molecule has 0 bridgehead atoms. The molecule has 0 unspecified atom stereocenters. The van der Waals surface area contributed by atoms with E-state index in [9.17, 15) is 9.59 Å².